The van der Waals surface area contributed by atoms with Gasteiger partial charge in [-0.25, -0.2) is 0 Å². The Morgan fingerprint density at radius 1 is 1.06 bits per heavy atom. The SMILES string of the molecule is CC1CCCC(C)N1CCCNC(=O)CCCn1nc(-c2ccccc2)c2cc(Cl)ccc21. The maximum Gasteiger partial charge on any atom is 0.220 e. The van der Waals surface area contributed by atoms with Crippen LogP contribution in [0.25, 0.3) is 22.2 Å². The first-order valence-corrected chi connectivity index (χ1v) is 12.6. The van der Waals surface area contributed by atoms with Gasteiger partial charge in [0.1, 0.15) is 5.69 Å². The number of amides is 1. The van der Waals surface area contributed by atoms with E-state index in [1.54, 1.807) is 0 Å². The first-order chi connectivity index (χ1) is 16.0. The molecule has 1 N–H and O–H groups in total. The van der Waals surface area contributed by atoms with Gasteiger partial charge in [0, 0.05) is 54.1 Å². The summed E-state index contributed by atoms with van der Waals surface area (Å²) in [5.74, 6) is 0.123. The minimum atomic E-state index is 0.123. The van der Waals surface area contributed by atoms with Crippen LogP contribution in [0.3, 0.4) is 0 Å². The highest BCUT2D eigenvalue weighted by Gasteiger charge is 2.23. The fourth-order valence-corrected chi connectivity index (χ4v) is 5.19. The second kappa shape index (κ2) is 11.2. The quantitative estimate of drug-likeness (QED) is 0.399. The first kappa shape index (κ1) is 23.8. The number of likely N-dealkylation sites (tertiary alicyclic amines) is 1. The number of hydrogen-bond donors (Lipinski definition) is 1. The first-order valence-electron chi connectivity index (χ1n) is 12.3. The molecule has 0 bridgehead atoms. The van der Waals surface area contributed by atoms with Crippen LogP contribution in [0.1, 0.15) is 52.4 Å². The molecule has 2 heterocycles. The highest BCUT2D eigenvalue weighted by molar-refractivity contribution is 6.31. The van der Waals surface area contributed by atoms with Crippen molar-refractivity contribution in [3.8, 4) is 11.3 Å². The van der Waals surface area contributed by atoms with E-state index in [9.17, 15) is 4.79 Å². The average Bonchev–Trinajstić information content (AvgIpc) is 3.16. The summed E-state index contributed by atoms with van der Waals surface area (Å²) in [6, 6.07) is 17.4. The maximum absolute atomic E-state index is 12.4. The number of carbonyl (C=O) groups is 1. The van der Waals surface area contributed by atoms with E-state index in [4.69, 9.17) is 16.7 Å². The lowest BCUT2D eigenvalue weighted by molar-refractivity contribution is -0.121. The summed E-state index contributed by atoms with van der Waals surface area (Å²) < 4.78 is 2.00. The molecule has 3 aromatic rings. The molecule has 0 radical (unpaired) electrons. The Hall–Kier alpha value is -2.37. The number of piperidine rings is 1. The second-order valence-corrected chi connectivity index (χ2v) is 9.71. The van der Waals surface area contributed by atoms with Crippen LogP contribution >= 0.6 is 11.6 Å². The number of halogens is 1. The van der Waals surface area contributed by atoms with E-state index in [1.165, 1.54) is 19.3 Å². The van der Waals surface area contributed by atoms with E-state index in [0.717, 1.165) is 48.1 Å². The van der Waals surface area contributed by atoms with E-state index in [2.05, 4.69) is 36.2 Å². The normalized spacial score (nSPS) is 19.1. The van der Waals surface area contributed by atoms with Crippen molar-refractivity contribution in [2.45, 2.75) is 71.0 Å². The molecule has 1 aliphatic heterocycles. The van der Waals surface area contributed by atoms with Crippen LogP contribution in [0.15, 0.2) is 48.5 Å². The Labute approximate surface area is 202 Å². The Bertz CT molecular complexity index is 1050. The van der Waals surface area contributed by atoms with Gasteiger partial charge in [-0.15, -0.1) is 0 Å². The Morgan fingerprint density at radius 3 is 2.58 bits per heavy atom. The lowest BCUT2D eigenvalue weighted by Crippen LogP contribution is -2.44. The molecule has 0 saturated carbocycles. The fraction of sp³-hybridized carbons (Fsp3) is 0.481. The number of hydrogen-bond acceptors (Lipinski definition) is 3. The Kier molecular flexibility index (Phi) is 8.05. The van der Waals surface area contributed by atoms with Crippen LogP contribution in [-0.2, 0) is 11.3 Å². The zero-order chi connectivity index (χ0) is 23.2. The number of carbonyl (C=O) groups excluding carboxylic acids is 1. The van der Waals surface area contributed by atoms with E-state index in [-0.39, 0.29) is 5.91 Å². The summed E-state index contributed by atoms with van der Waals surface area (Å²) in [6.45, 7) is 7.15. The van der Waals surface area contributed by atoms with Gasteiger partial charge in [0.15, 0.2) is 0 Å². The minimum Gasteiger partial charge on any atom is -0.356 e. The predicted molar refractivity (Wildman–Crippen MR) is 137 cm³/mol. The van der Waals surface area contributed by atoms with Gasteiger partial charge in [-0.2, -0.15) is 5.10 Å². The topological polar surface area (TPSA) is 50.2 Å². The molecule has 1 aromatic heterocycles. The molecule has 33 heavy (non-hydrogen) atoms. The van der Waals surface area contributed by atoms with E-state index < -0.39 is 0 Å². The molecule has 0 aliphatic carbocycles. The van der Waals surface area contributed by atoms with Gasteiger partial charge in [-0.05, 0) is 57.7 Å². The number of aryl methyl sites for hydroxylation is 1. The van der Waals surface area contributed by atoms with Gasteiger partial charge < -0.3 is 5.32 Å². The molecule has 2 aromatic carbocycles. The van der Waals surface area contributed by atoms with Crippen molar-refractivity contribution in [3.63, 3.8) is 0 Å². The van der Waals surface area contributed by atoms with Gasteiger partial charge in [0.25, 0.3) is 0 Å². The van der Waals surface area contributed by atoms with Gasteiger partial charge in [-0.1, -0.05) is 48.4 Å². The number of fused-ring (bicyclic) bond motifs is 1. The largest absolute Gasteiger partial charge is 0.356 e. The van der Waals surface area contributed by atoms with Crippen molar-refractivity contribution in [2.75, 3.05) is 13.1 Å². The number of rotatable bonds is 9. The molecular formula is C27H35ClN4O. The third kappa shape index (κ3) is 5.96. The monoisotopic (exact) mass is 466 g/mol. The molecule has 6 heteroatoms. The summed E-state index contributed by atoms with van der Waals surface area (Å²) in [4.78, 5) is 15.0. The van der Waals surface area contributed by atoms with Crippen LogP contribution in [0.2, 0.25) is 5.02 Å². The van der Waals surface area contributed by atoms with Gasteiger partial charge >= 0.3 is 0 Å². The average molecular weight is 467 g/mol. The Balaban J connectivity index is 1.28. The highest BCUT2D eigenvalue weighted by Crippen LogP contribution is 2.30. The zero-order valence-corrected chi connectivity index (χ0v) is 20.5. The number of nitrogens with zero attached hydrogens (tertiary/aromatic N) is 3. The number of benzene rings is 2. The molecular weight excluding hydrogens is 432 g/mol. The van der Waals surface area contributed by atoms with Crippen molar-refractivity contribution < 1.29 is 4.79 Å². The zero-order valence-electron chi connectivity index (χ0n) is 19.8. The van der Waals surface area contributed by atoms with Crippen LogP contribution < -0.4 is 5.32 Å². The summed E-state index contributed by atoms with van der Waals surface area (Å²) in [5.41, 5.74) is 3.04. The smallest absolute Gasteiger partial charge is 0.220 e. The fourth-order valence-electron chi connectivity index (χ4n) is 5.01. The standard InChI is InChI=1S/C27H35ClN4O/c1-20-9-6-10-21(2)31(20)17-8-16-29-26(33)13-7-18-32-25-15-14-23(28)19-24(25)27(30-32)22-11-4-3-5-12-22/h3-5,11-12,14-15,19-21H,6-10,13,16-18H2,1-2H3,(H,29,33). The molecule has 2 atom stereocenters. The van der Waals surface area contributed by atoms with Crippen molar-refractivity contribution in [3.05, 3.63) is 53.6 Å². The summed E-state index contributed by atoms with van der Waals surface area (Å²) >= 11 is 6.27. The highest BCUT2D eigenvalue weighted by atomic mass is 35.5. The molecule has 1 saturated heterocycles. The molecule has 5 nitrogen and oxygen atoms in total. The molecule has 1 amide bonds. The lowest BCUT2D eigenvalue weighted by atomic mass is 9.97. The van der Waals surface area contributed by atoms with Crippen LogP contribution in [0.5, 0.6) is 0 Å². The lowest BCUT2D eigenvalue weighted by Gasteiger charge is -2.39. The van der Waals surface area contributed by atoms with Crippen molar-refractivity contribution >= 4 is 28.4 Å². The molecule has 4 rings (SSSR count). The second-order valence-electron chi connectivity index (χ2n) is 9.27. The third-order valence-corrected chi connectivity index (χ3v) is 7.06. The van der Waals surface area contributed by atoms with E-state index in [1.807, 2.05) is 41.1 Å². The molecule has 176 valence electrons. The minimum absolute atomic E-state index is 0.123. The van der Waals surface area contributed by atoms with E-state index >= 15 is 0 Å². The number of nitrogens with one attached hydrogen (secondary N) is 1. The summed E-state index contributed by atoms with van der Waals surface area (Å²) in [7, 11) is 0. The molecule has 0 spiro atoms. The Morgan fingerprint density at radius 2 is 1.82 bits per heavy atom. The van der Waals surface area contributed by atoms with E-state index in [0.29, 0.717) is 30.1 Å². The molecule has 1 aliphatic rings. The van der Waals surface area contributed by atoms with Gasteiger partial charge in [-0.3, -0.25) is 14.4 Å². The van der Waals surface area contributed by atoms with Crippen LogP contribution in [0, 0.1) is 0 Å². The molecule has 1 fully saturated rings. The third-order valence-electron chi connectivity index (χ3n) is 6.82. The van der Waals surface area contributed by atoms with Crippen molar-refractivity contribution in [1.82, 2.24) is 20.0 Å². The number of aromatic nitrogens is 2. The maximum atomic E-state index is 12.4. The summed E-state index contributed by atoms with van der Waals surface area (Å²) in [5, 5.41) is 9.70. The van der Waals surface area contributed by atoms with Crippen LogP contribution in [0.4, 0.5) is 0 Å². The van der Waals surface area contributed by atoms with Gasteiger partial charge in [0.2, 0.25) is 5.91 Å². The van der Waals surface area contributed by atoms with Gasteiger partial charge in [0.05, 0.1) is 5.52 Å². The molecule has 2 unspecified atom stereocenters. The predicted octanol–water partition coefficient (Wildman–Crippen LogP) is 5.91. The van der Waals surface area contributed by atoms with Crippen LogP contribution in [-0.4, -0.2) is 45.8 Å². The summed E-state index contributed by atoms with van der Waals surface area (Å²) in [6.07, 6.45) is 6.17. The van der Waals surface area contributed by atoms with Crippen molar-refractivity contribution in [2.24, 2.45) is 0 Å². The van der Waals surface area contributed by atoms with Crippen molar-refractivity contribution in [1.29, 1.82) is 0 Å².